The quantitative estimate of drug-likeness (QED) is 0.588. The normalized spacial score (nSPS) is 20.0. The molecule has 2 N–H and O–H groups in total. The van der Waals surface area contributed by atoms with Crippen molar-refractivity contribution in [3.63, 3.8) is 0 Å². The second kappa shape index (κ2) is 9.76. The van der Waals surface area contributed by atoms with Crippen molar-refractivity contribution in [3.05, 3.63) is 29.8 Å². The van der Waals surface area contributed by atoms with Crippen molar-refractivity contribution in [2.45, 2.75) is 65.0 Å². The Morgan fingerprint density at radius 2 is 1.83 bits per heavy atom. The zero-order valence-corrected chi connectivity index (χ0v) is 18.1. The summed E-state index contributed by atoms with van der Waals surface area (Å²) >= 11 is 0. The molecule has 1 fully saturated rings. The van der Waals surface area contributed by atoms with Crippen LogP contribution in [0.3, 0.4) is 0 Å². The van der Waals surface area contributed by atoms with E-state index in [-0.39, 0.29) is 24.4 Å². The van der Waals surface area contributed by atoms with Crippen LogP contribution < -0.4 is 15.4 Å². The summed E-state index contributed by atoms with van der Waals surface area (Å²) in [6.07, 6.45) is 2.95. The van der Waals surface area contributed by atoms with Crippen LogP contribution >= 0.6 is 0 Å². The van der Waals surface area contributed by atoms with E-state index in [0.717, 1.165) is 29.1 Å². The zero-order valence-electron chi connectivity index (χ0n) is 18.1. The predicted octanol–water partition coefficient (Wildman–Crippen LogP) is 2.88. The maximum Gasteiger partial charge on any atom is 0.325 e. The van der Waals surface area contributed by atoms with Crippen LogP contribution in [-0.4, -0.2) is 48.0 Å². The van der Waals surface area contributed by atoms with E-state index in [1.54, 1.807) is 14.0 Å². The first-order valence-corrected chi connectivity index (χ1v) is 10.2. The third-order valence-electron chi connectivity index (χ3n) is 5.30. The molecule has 0 spiro atoms. The number of ether oxygens (including phenoxy) is 1. The van der Waals surface area contributed by atoms with Gasteiger partial charge in [-0.3, -0.25) is 14.5 Å². The Balaban J connectivity index is 1.90. The largest absolute Gasteiger partial charge is 0.497 e. The van der Waals surface area contributed by atoms with E-state index in [0.29, 0.717) is 18.8 Å². The van der Waals surface area contributed by atoms with E-state index in [4.69, 9.17) is 4.74 Å². The standard InChI is InChI=1S/C22H33N3O4/c1-15(2)6-7-16(3)23-19(26)14-25-20(27)22(4,24-21(25)28)13-12-17-8-10-18(29-5)11-9-17/h8-11,15-16H,6-7,12-14H2,1-5H3,(H,23,26)(H,24,28)/t16-,22+/m0/s1. The lowest BCUT2D eigenvalue weighted by atomic mass is 9.93. The summed E-state index contributed by atoms with van der Waals surface area (Å²) < 4.78 is 5.15. The average Bonchev–Trinajstić information content (AvgIpc) is 2.88. The number of carbonyl (C=O) groups is 3. The Morgan fingerprint density at radius 1 is 1.17 bits per heavy atom. The third-order valence-corrected chi connectivity index (χ3v) is 5.30. The fourth-order valence-corrected chi connectivity index (χ4v) is 3.37. The third kappa shape index (κ3) is 6.21. The SMILES string of the molecule is COc1ccc(CC[C@@]2(C)NC(=O)N(CC(=O)N[C@@H](C)CCC(C)C)C2=O)cc1. The number of nitrogens with zero attached hydrogens (tertiary/aromatic N) is 1. The van der Waals surface area contributed by atoms with E-state index >= 15 is 0 Å². The number of hydrogen-bond acceptors (Lipinski definition) is 4. The minimum Gasteiger partial charge on any atom is -0.497 e. The summed E-state index contributed by atoms with van der Waals surface area (Å²) in [4.78, 5) is 38.5. The zero-order chi connectivity index (χ0) is 21.6. The lowest BCUT2D eigenvalue weighted by Crippen LogP contribution is -2.46. The van der Waals surface area contributed by atoms with Gasteiger partial charge < -0.3 is 15.4 Å². The van der Waals surface area contributed by atoms with Crippen molar-refractivity contribution in [2.24, 2.45) is 5.92 Å². The van der Waals surface area contributed by atoms with Gasteiger partial charge in [0.25, 0.3) is 5.91 Å². The molecule has 1 saturated heterocycles. The molecule has 1 aromatic carbocycles. The molecule has 0 saturated carbocycles. The van der Waals surface area contributed by atoms with Crippen LogP contribution in [0.1, 0.15) is 52.5 Å². The van der Waals surface area contributed by atoms with Gasteiger partial charge in [0.15, 0.2) is 0 Å². The number of benzene rings is 1. The number of urea groups is 1. The van der Waals surface area contributed by atoms with Gasteiger partial charge in [0.05, 0.1) is 7.11 Å². The van der Waals surface area contributed by atoms with Crippen molar-refractivity contribution in [1.82, 2.24) is 15.5 Å². The van der Waals surface area contributed by atoms with Gasteiger partial charge in [0.1, 0.15) is 17.8 Å². The molecule has 29 heavy (non-hydrogen) atoms. The fourth-order valence-electron chi connectivity index (χ4n) is 3.37. The fraction of sp³-hybridized carbons (Fsp3) is 0.591. The van der Waals surface area contributed by atoms with Crippen molar-refractivity contribution >= 4 is 17.8 Å². The first-order valence-electron chi connectivity index (χ1n) is 10.2. The molecule has 1 aliphatic heterocycles. The van der Waals surface area contributed by atoms with Crippen LogP contribution in [0.5, 0.6) is 5.75 Å². The molecular formula is C22H33N3O4. The van der Waals surface area contributed by atoms with Gasteiger partial charge in [-0.25, -0.2) is 4.79 Å². The number of imide groups is 1. The molecule has 1 aliphatic rings. The highest BCUT2D eigenvalue weighted by molar-refractivity contribution is 6.08. The van der Waals surface area contributed by atoms with Crippen molar-refractivity contribution in [3.8, 4) is 5.75 Å². The molecular weight excluding hydrogens is 370 g/mol. The molecule has 1 heterocycles. The number of amides is 4. The second-order valence-corrected chi connectivity index (χ2v) is 8.44. The summed E-state index contributed by atoms with van der Waals surface area (Å²) in [6.45, 7) is 7.66. The average molecular weight is 404 g/mol. The molecule has 2 rings (SSSR count). The number of aryl methyl sites for hydroxylation is 1. The molecule has 7 nitrogen and oxygen atoms in total. The van der Waals surface area contributed by atoms with Crippen LogP contribution in [0.15, 0.2) is 24.3 Å². The Labute approximate surface area is 173 Å². The molecule has 7 heteroatoms. The number of rotatable bonds is 10. The molecule has 1 aromatic rings. The van der Waals surface area contributed by atoms with Gasteiger partial charge in [-0.2, -0.15) is 0 Å². The van der Waals surface area contributed by atoms with Gasteiger partial charge in [-0.1, -0.05) is 26.0 Å². The Morgan fingerprint density at radius 3 is 2.41 bits per heavy atom. The Kier molecular flexibility index (Phi) is 7.65. The highest BCUT2D eigenvalue weighted by Crippen LogP contribution is 2.24. The van der Waals surface area contributed by atoms with Crippen molar-refractivity contribution in [2.75, 3.05) is 13.7 Å². The van der Waals surface area contributed by atoms with Crippen molar-refractivity contribution in [1.29, 1.82) is 0 Å². The molecule has 0 unspecified atom stereocenters. The molecule has 0 aliphatic carbocycles. The highest BCUT2D eigenvalue weighted by atomic mass is 16.5. The Bertz CT molecular complexity index is 732. The molecule has 160 valence electrons. The topological polar surface area (TPSA) is 87.7 Å². The number of hydrogen-bond donors (Lipinski definition) is 2. The predicted molar refractivity (Wildman–Crippen MR) is 112 cm³/mol. The van der Waals surface area contributed by atoms with Crippen LogP contribution in [0.25, 0.3) is 0 Å². The minimum atomic E-state index is -1.01. The van der Waals surface area contributed by atoms with Crippen LogP contribution in [-0.2, 0) is 16.0 Å². The molecule has 0 bridgehead atoms. The number of nitrogens with one attached hydrogen (secondary N) is 2. The highest BCUT2D eigenvalue weighted by Gasteiger charge is 2.47. The molecule has 2 atom stereocenters. The minimum absolute atomic E-state index is 0.00659. The summed E-state index contributed by atoms with van der Waals surface area (Å²) in [5.41, 5.74) is 0.0323. The first-order chi connectivity index (χ1) is 13.6. The lowest BCUT2D eigenvalue weighted by Gasteiger charge is -2.22. The van der Waals surface area contributed by atoms with E-state index in [9.17, 15) is 14.4 Å². The lowest BCUT2D eigenvalue weighted by molar-refractivity contribution is -0.134. The van der Waals surface area contributed by atoms with Crippen LogP contribution in [0, 0.1) is 5.92 Å². The van der Waals surface area contributed by atoms with Crippen LogP contribution in [0.4, 0.5) is 4.79 Å². The molecule has 4 amide bonds. The summed E-state index contributed by atoms with van der Waals surface area (Å²) in [5.74, 6) is 0.655. The summed E-state index contributed by atoms with van der Waals surface area (Å²) in [6, 6.07) is 7.10. The maximum atomic E-state index is 12.8. The van der Waals surface area contributed by atoms with Gasteiger partial charge in [0.2, 0.25) is 5.91 Å². The van der Waals surface area contributed by atoms with E-state index in [1.807, 2.05) is 31.2 Å². The van der Waals surface area contributed by atoms with Gasteiger partial charge in [-0.15, -0.1) is 0 Å². The van der Waals surface area contributed by atoms with E-state index in [1.165, 1.54) is 0 Å². The van der Waals surface area contributed by atoms with Gasteiger partial charge in [-0.05, 0) is 63.1 Å². The second-order valence-electron chi connectivity index (χ2n) is 8.44. The molecule has 0 radical (unpaired) electrons. The van der Waals surface area contributed by atoms with E-state index in [2.05, 4.69) is 24.5 Å². The Hall–Kier alpha value is -2.57. The monoisotopic (exact) mass is 403 g/mol. The summed E-state index contributed by atoms with van der Waals surface area (Å²) in [7, 11) is 1.61. The van der Waals surface area contributed by atoms with Crippen LogP contribution in [0.2, 0.25) is 0 Å². The van der Waals surface area contributed by atoms with Gasteiger partial charge in [0, 0.05) is 6.04 Å². The van der Waals surface area contributed by atoms with Crippen molar-refractivity contribution < 1.29 is 19.1 Å². The number of methoxy groups -OCH3 is 1. The maximum absolute atomic E-state index is 12.8. The van der Waals surface area contributed by atoms with E-state index < -0.39 is 11.6 Å². The molecule has 0 aromatic heterocycles. The van der Waals surface area contributed by atoms with Gasteiger partial charge >= 0.3 is 6.03 Å². The summed E-state index contributed by atoms with van der Waals surface area (Å²) in [5, 5.41) is 5.63. The number of carbonyl (C=O) groups excluding carboxylic acids is 3. The first kappa shape index (κ1) is 22.7. The smallest absolute Gasteiger partial charge is 0.325 e.